The van der Waals surface area contributed by atoms with Crippen LogP contribution in [0.4, 0.5) is 0 Å². The number of rotatable bonds is 6. The third-order valence-corrected chi connectivity index (χ3v) is 2.62. The molecule has 0 spiro atoms. The number of aryl methyl sites for hydroxylation is 1. The zero-order valence-corrected chi connectivity index (χ0v) is 11.2. The molecule has 0 amide bonds. The third-order valence-electron chi connectivity index (χ3n) is 2.62. The highest BCUT2D eigenvalue weighted by atomic mass is 15.3. The molecule has 0 saturated heterocycles. The van der Waals surface area contributed by atoms with Crippen LogP contribution < -0.4 is 5.32 Å². The van der Waals surface area contributed by atoms with Crippen molar-refractivity contribution in [2.24, 2.45) is 13.0 Å². The van der Waals surface area contributed by atoms with Crippen LogP contribution in [-0.2, 0) is 20.1 Å². The predicted octanol–water partition coefficient (Wildman–Crippen LogP) is 0.805. The van der Waals surface area contributed by atoms with E-state index in [2.05, 4.69) is 34.3 Å². The molecule has 2 aromatic heterocycles. The number of hydrogen-bond donors (Lipinski definition) is 1. The van der Waals surface area contributed by atoms with Crippen molar-refractivity contribution >= 4 is 0 Å². The van der Waals surface area contributed by atoms with Crippen molar-refractivity contribution in [2.75, 3.05) is 6.54 Å². The summed E-state index contributed by atoms with van der Waals surface area (Å²) in [6, 6.07) is 0. The van der Waals surface area contributed by atoms with Gasteiger partial charge in [-0.2, -0.15) is 10.2 Å². The lowest BCUT2D eigenvalue weighted by Gasteiger charge is -2.08. The average Bonchev–Trinajstić information content (AvgIpc) is 2.89. The van der Waals surface area contributed by atoms with Crippen LogP contribution in [0.15, 0.2) is 18.7 Å². The monoisotopic (exact) mass is 248 g/mol. The first-order valence-electron chi connectivity index (χ1n) is 6.20. The van der Waals surface area contributed by atoms with E-state index in [-0.39, 0.29) is 0 Å². The summed E-state index contributed by atoms with van der Waals surface area (Å²) >= 11 is 0. The average molecular weight is 248 g/mol. The van der Waals surface area contributed by atoms with E-state index in [1.54, 1.807) is 11.0 Å². The lowest BCUT2D eigenvalue weighted by atomic mass is 10.2. The van der Waals surface area contributed by atoms with Crippen LogP contribution in [0.25, 0.3) is 0 Å². The van der Waals surface area contributed by atoms with Crippen molar-refractivity contribution < 1.29 is 0 Å². The molecule has 2 aromatic rings. The Hall–Kier alpha value is -1.69. The molecule has 0 aliphatic carbocycles. The van der Waals surface area contributed by atoms with E-state index in [1.165, 1.54) is 0 Å². The fourth-order valence-electron chi connectivity index (χ4n) is 1.76. The molecular formula is C12H20N6. The maximum atomic E-state index is 4.28. The van der Waals surface area contributed by atoms with Crippen molar-refractivity contribution in [1.82, 2.24) is 29.9 Å². The fourth-order valence-corrected chi connectivity index (χ4v) is 1.76. The quantitative estimate of drug-likeness (QED) is 0.821. The Balaban J connectivity index is 1.95. The Morgan fingerprint density at radius 1 is 1.33 bits per heavy atom. The van der Waals surface area contributed by atoms with Crippen LogP contribution in [-0.4, -0.2) is 31.1 Å². The van der Waals surface area contributed by atoms with Gasteiger partial charge in [-0.15, -0.1) is 0 Å². The third kappa shape index (κ3) is 3.40. The molecule has 0 aromatic carbocycles. The van der Waals surface area contributed by atoms with Gasteiger partial charge in [0, 0.05) is 18.8 Å². The molecule has 0 bridgehead atoms. The second kappa shape index (κ2) is 5.77. The van der Waals surface area contributed by atoms with Gasteiger partial charge in [0.2, 0.25) is 0 Å². The van der Waals surface area contributed by atoms with E-state index in [0.29, 0.717) is 12.5 Å². The van der Waals surface area contributed by atoms with Gasteiger partial charge in [0.15, 0.2) is 0 Å². The van der Waals surface area contributed by atoms with Gasteiger partial charge in [-0.1, -0.05) is 13.8 Å². The second-order valence-electron chi connectivity index (χ2n) is 4.88. The molecule has 0 aliphatic rings. The maximum Gasteiger partial charge on any atom is 0.141 e. The summed E-state index contributed by atoms with van der Waals surface area (Å²) in [5.74, 6) is 1.60. The van der Waals surface area contributed by atoms with Crippen molar-refractivity contribution in [3.05, 3.63) is 30.1 Å². The molecule has 0 unspecified atom stereocenters. The van der Waals surface area contributed by atoms with Gasteiger partial charge in [-0.25, -0.2) is 9.67 Å². The number of nitrogens with one attached hydrogen (secondary N) is 1. The summed E-state index contributed by atoms with van der Waals surface area (Å²) in [6.45, 7) is 6.82. The molecule has 2 rings (SSSR count). The minimum atomic E-state index is 0.639. The highest BCUT2D eigenvalue weighted by Gasteiger charge is 2.06. The van der Waals surface area contributed by atoms with E-state index in [4.69, 9.17) is 0 Å². The minimum absolute atomic E-state index is 0.639. The number of aromatic nitrogens is 5. The van der Waals surface area contributed by atoms with Gasteiger partial charge in [-0.05, 0) is 12.5 Å². The summed E-state index contributed by atoms with van der Waals surface area (Å²) in [4.78, 5) is 4.28. The Morgan fingerprint density at radius 3 is 2.83 bits per heavy atom. The molecule has 0 aliphatic heterocycles. The molecule has 18 heavy (non-hydrogen) atoms. The van der Waals surface area contributed by atoms with Crippen LogP contribution in [0.3, 0.4) is 0 Å². The lowest BCUT2D eigenvalue weighted by Crippen LogP contribution is -2.22. The minimum Gasteiger partial charge on any atom is -0.310 e. The smallest absolute Gasteiger partial charge is 0.141 e. The maximum absolute atomic E-state index is 4.28. The normalized spacial score (nSPS) is 11.3. The van der Waals surface area contributed by atoms with E-state index in [1.807, 2.05) is 24.1 Å². The Morgan fingerprint density at radius 2 is 2.17 bits per heavy atom. The van der Waals surface area contributed by atoms with Gasteiger partial charge < -0.3 is 5.32 Å². The molecule has 0 saturated carbocycles. The molecule has 0 fully saturated rings. The largest absolute Gasteiger partial charge is 0.310 e. The SMILES string of the molecule is CC(C)CNCc1ncnn1Cc1cnn(C)c1. The highest BCUT2D eigenvalue weighted by Crippen LogP contribution is 2.02. The van der Waals surface area contributed by atoms with Crippen LogP contribution >= 0.6 is 0 Å². The van der Waals surface area contributed by atoms with Crippen LogP contribution in [0.5, 0.6) is 0 Å². The number of hydrogen-bond acceptors (Lipinski definition) is 4. The number of nitrogens with zero attached hydrogens (tertiary/aromatic N) is 5. The van der Waals surface area contributed by atoms with Gasteiger partial charge in [0.05, 0.1) is 19.3 Å². The van der Waals surface area contributed by atoms with Crippen molar-refractivity contribution in [3.8, 4) is 0 Å². The van der Waals surface area contributed by atoms with Crippen molar-refractivity contribution in [2.45, 2.75) is 26.9 Å². The summed E-state index contributed by atoms with van der Waals surface area (Å²) in [7, 11) is 1.91. The van der Waals surface area contributed by atoms with Crippen molar-refractivity contribution in [1.29, 1.82) is 0 Å². The molecule has 6 heteroatoms. The molecule has 0 radical (unpaired) electrons. The summed E-state index contributed by atoms with van der Waals surface area (Å²) < 4.78 is 3.70. The van der Waals surface area contributed by atoms with Crippen LogP contribution in [0.1, 0.15) is 25.2 Å². The Kier molecular flexibility index (Phi) is 4.09. The molecule has 98 valence electrons. The van der Waals surface area contributed by atoms with E-state index < -0.39 is 0 Å². The predicted molar refractivity (Wildman–Crippen MR) is 68.9 cm³/mol. The molecule has 1 N–H and O–H groups in total. The molecular weight excluding hydrogens is 228 g/mol. The molecule has 6 nitrogen and oxygen atoms in total. The van der Waals surface area contributed by atoms with Gasteiger partial charge in [-0.3, -0.25) is 4.68 Å². The van der Waals surface area contributed by atoms with Crippen LogP contribution in [0.2, 0.25) is 0 Å². The Labute approximate surface area is 107 Å². The Bertz CT molecular complexity index is 484. The molecule has 2 heterocycles. The van der Waals surface area contributed by atoms with E-state index in [9.17, 15) is 0 Å². The van der Waals surface area contributed by atoms with Gasteiger partial charge >= 0.3 is 0 Å². The van der Waals surface area contributed by atoms with Crippen molar-refractivity contribution in [3.63, 3.8) is 0 Å². The first-order valence-corrected chi connectivity index (χ1v) is 6.20. The van der Waals surface area contributed by atoms with Gasteiger partial charge in [0.25, 0.3) is 0 Å². The topological polar surface area (TPSA) is 60.6 Å². The zero-order chi connectivity index (χ0) is 13.0. The first kappa shape index (κ1) is 12.8. The lowest BCUT2D eigenvalue weighted by molar-refractivity contribution is 0.523. The highest BCUT2D eigenvalue weighted by molar-refractivity contribution is 5.04. The van der Waals surface area contributed by atoms with Gasteiger partial charge in [0.1, 0.15) is 12.2 Å². The summed E-state index contributed by atoms with van der Waals surface area (Å²) in [6.07, 6.45) is 5.45. The van der Waals surface area contributed by atoms with E-state index in [0.717, 1.165) is 24.5 Å². The fraction of sp³-hybridized carbons (Fsp3) is 0.583. The summed E-state index contributed by atoms with van der Waals surface area (Å²) in [5.41, 5.74) is 1.13. The second-order valence-corrected chi connectivity index (χ2v) is 4.88. The summed E-state index contributed by atoms with van der Waals surface area (Å²) in [5, 5.41) is 11.8. The first-order chi connectivity index (χ1) is 8.65. The van der Waals surface area contributed by atoms with Crippen LogP contribution in [0, 0.1) is 5.92 Å². The van der Waals surface area contributed by atoms with E-state index >= 15 is 0 Å². The standard InChI is InChI=1S/C12H20N6/c1-10(2)4-13-6-12-14-9-16-18(12)8-11-5-15-17(3)7-11/h5,7,9-10,13H,4,6,8H2,1-3H3. The molecule has 0 atom stereocenters. The zero-order valence-electron chi connectivity index (χ0n) is 11.2.